The van der Waals surface area contributed by atoms with E-state index in [9.17, 15) is 9.90 Å². The van der Waals surface area contributed by atoms with Gasteiger partial charge in [-0.15, -0.1) is 0 Å². The van der Waals surface area contributed by atoms with Gasteiger partial charge in [0.1, 0.15) is 0 Å². The molecule has 1 unspecified atom stereocenters. The summed E-state index contributed by atoms with van der Waals surface area (Å²) in [5.74, 6) is 0.0244. The second-order valence-corrected chi connectivity index (χ2v) is 8.98. The number of hydrogen-bond acceptors (Lipinski definition) is 4. The summed E-state index contributed by atoms with van der Waals surface area (Å²) >= 11 is 0. The van der Waals surface area contributed by atoms with Crippen LogP contribution in [0.5, 0.6) is 0 Å². The monoisotopic (exact) mass is 410 g/mol. The molecule has 0 heterocycles. The van der Waals surface area contributed by atoms with Gasteiger partial charge in [-0.2, -0.15) is 0 Å². The van der Waals surface area contributed by atoms with E-state index in [1.165, 1.54) is 70.6 Å². The minimum atomic E-state index is -1.04. The van der Waals surface area contributed by atoms with Crippen molar-refractivity contribution < 1.29 is 9.90 Å². The molecule has 4 heteroatoms. The minimum Gasteiger partial charge on any atom is -0.394 e. The number of nitrogens with zero attached hydrogens (tertiary/aromatic N) is 1. The number of Topliss-reactive ketones (excluding diaryl/α,β-unsaturated/α-hetero) is 1. The van der Waals surface area contributed by atoms with Gasteiger partial charge >= 0.3 is 0 Å². The van der Waals surface area contributed by atoms with Crippen molar-refractivity contribution in [1.29, 1.82) is 0 Å². The van der Waals surface area contributed by atoms with E-state index >= 15 is 0 Å². The van der Waals surface area contributed by atoms with Gasteiger partial charge in [-0.1, -0.05) is 70.4 Å². The van der Waals surface area contributed by atoms with E-state index in [1.807, 2.05) is 14.1 Å². The molecule has 1 atom stereocenters. The van der Waals surface area contributed by atoms with Crippen molar-refractivity contribution >= 4 is 5.78 Å². The average molecular weight is 411 g/mol. The first kappa shape index (κ1) is 28.3. The standard InChI is InChI=1S/C25H50N2O2/c1-4-5-6-7-8-9-10-11-12-13-14-15-16-17-18-20-24(29)25(26,23-28)21-19-22-27(2)3/h11-12,28H,4-10,13-23,26H2,1-3H3/b12-11-. The van der Waals surface area contributed by atoms with Crippen LogP contribution in [0, 0.1) is 0 Å². The zero-order chi connectivity index (χ0) is 21.8. The van der Waals surface area contributed by atoms with E-state index < -0.39 is 5.54 Å². The predicted octanol–water partition coefficient (Wildman–Crippen LogP) is 5.62. The molecule has 0 aromatic rings. The number of unbranched alkanes of at least 4 members (excludes halogenated alkanes) is 11. The third-order valence-corrected chi connectivity index (χ3v) is 5.73. The number of allylic oxidation sites excluding steroid dienone is 2. The number of hydrogen-bond donors (Lipinski definition) is 2. The number of nitrogens with two attached hydrogens (primary N) is 1. The van der Waals surface area contributed by atoms with Crippen LogP contribution >= 0.6 is 0 Å². The zero-order valence-electron chi connectivity index (χ0n) is 19.8. The Bertz CT molecular complexity index is 410. The minimum absolute atomic E-state index is 0.0244. The summed E-state index contributed by atoms with van der Waals surface area (Å²) in [4.78, 5) is 14.5. The average Bonchev–Trinajstić information content (AvgIpc) is 2.70. The molecule has 0 radical (unpaired) electrons. The number of carbonyl (C=O) groups is 1. The van der Waals surface area contributed by atoms with Crippen LogP contribution in [0.25, 0.3) is 0 Å². The van der Waals surface area contributed by atoms with Crippen LogP contribution in [0.3, 0.4) is 0 Å². The fourth-order valence-electron chi connectivity index (χ4n) is 3.62. The Hall–Kier alpha value is -0.710. The molecule has 172 valence electrons. The SMILES string of the molecule is CCCCCCCC/C=C\CCCCCCCC(=O)C(N)(CO)CCCN(C)C. The lowest BCUT2D eigenvalue weighted by atomic mass is 9.87. The van der Waals surface area contributed by atoms with Crippen LogP contribution in [0.15, 0.2) is 12.2 Å². The summed E-state index contributed by atoms with van der Waals surface area (Å²) < 4.78 is 0. The largest absolute Gasteiger partial charge is 0.394 e. The fourth-order valence-corrected chi connectivity index (χ4v) is 3.62. The quantitative estimate of drug-likeness (QED) is 0.190. The molecule has 3 N–H and O–H groups in total. The van der Waals surface area contributed by atoms with Gasteiger partial charge in [-0.25, -0.2) is 0 Å². The molecule has 29 heavy (non-hydrogen) atoms. The van der Waals surface area contributed by atoms with Gasteiger partial charge in [-0.3, -0.25) is 4.79 Å². The van der Waals surface area contributed by atoms with Gasteiger partial charge in [-0.05, 0) is 65.6 Å². The van der Waals surface area contributed by atoms with Gasteiger partial charge in [0.2, 0.25) is 0 Å². The molecule has 0 amide bonds. The Balaban J connectivity index is 3.60. The molecule has 0 aromatic heterocycles. The maximum atomic E-state index is 12.4. The van der Waals surface area contributed by atoms with Crippen LogP contribution in [0.1, 0.15) is 110 Å². The van der Waals surface area contributed by atoms with Gasteiger partial charge in [0.15, 0.2) is 5.78 Å². The van der Waals surface area contributed by atoms with Gasteiger partial charge < -0.3 is 15.7 Å². The molecule has 0 spiro atoms. The Labute approximate surface area is 181 Å². The summed E-state index contributed by atoms with van der Waals surface area (Å²) in [6, 6.07) is 0. The lowest BCUT2D eigenvalue weighted by Crippen LogP contribution is -2.51. The van der Waals surface area contributed by atoms with Crippen molar-refractivity contribution in [1.82, 2.24) is 4.90 Å². The highest BCUT2D eigenvalue weighted by Gasteiger charge is 2.31. The number of aliphatic hydroxyl groups is 1. The van der Waals surface area contributed by atoms with Crippen LogP contribution in [-0.4, -0.2) is 48.6 Å². The van der Waals surface area contributed by atoms with Crippen molar-refractivity contribution in [3.8, 4) is 0 Å². The molecular weight excluding hydrogens is 360 g/mol. The van der Waals surface area contributed by atoms with Crippen LogP contribution < -0.4 is 5.73 Å². The number of aliphatic hydroxyl groups excluding tert-OH is 1. The Morgan fingerprint density at radius 3 is 1.90 bits per heavy atom. The Morgan fingerprint density at radius 1 is 0.862 bits per heavy atom. The lowest BCUT2D eigenvalue weighted by Gasteiger charge is -2.26. The van der Waals surface area contributed by atoms with Crippen molar-refractivity contribution in [2.24, 2.45) is 5.73 Å². The first-order valence-corrected chi connectivity index (χ1v) is 12.2. The molecule has 0 saturated heterocycles. The Morgan fingerprint density at radius 2 is 1.38 bits per heavy atom. The van der Waals surface area contributed by atoms with E-state index in [0.29, 0.717) is 12.8 Å². The number of ketones is 1. The summed E-state index contributed by atoms with van der Waals surface area (Å²) in [7, 11) is 4.01. The molecule has 4 nitrogen and oxygen atoms in total. The van der Waals surface area contributed by atoms with Crippen LogP contribution in [0.2, 0.25) is 0 Å². The molecule has 0 rings (SSSR count). The summed E-state index contributed by atoms with van der Waals surface area (Å²) in [6.45, 7) is 2.91. The predicted molar refractivity (Wildman–Crippen MR) is 126 cm³/mol. The topological polar surface area (TPSA) is 66.6 Å². The molecule has 0 bridgehead atoms. The fraction of sp³-hybridized carbons (Fsp3) is 0.880. The first-order valence-electron chi connectivity index (χ1n) is 12.2. The Kier molecular flexibility index (Phi) is 18.8. The zero-order valence-corrected chi connectivity index (χ0v) is 19.8. The van der Waals surface area contributed by atoms with Gasteiger partial charge in [0.25, 0.3) is 0 Å². The molecule has 0 saturated carbocycles. The number of rotatable bonds is 21. The van der Waals surface area contributed by atoms with E-state index in [2.05, 4.69) is 24.0 Å². The molecule has 0 aromatic carbocycles. The number of carbonyl (C=O) groups excluding carboxylic acids is 1. The molecular formula is C25H50N2O2. The normalized spacial score (nSPS) is 14.0. The molecule has 0 fully saturated rings. The summed E-state index contributed by atoms with van der Waals surface area (Å²) in [5, 5.41) is 9.58. The van der Waals surface area contributed by atoms with Gasteiger partial charge in [0.05, 0.1) is 12.1 Å². The lowest BCUT2D eigenvalue weighted by molar-refractivity contribution is -0.126. The highest BCUT2D eigenvalue weighted by Crippen LogP contribution is 2.16. The van der Waals surface area contributed by atoms with Crippen LogP contribution in [0.4, 0.5) is 0 Å². The van der Waals surface area contributed by atoms with E-state index in [0.717, 1.165) is 25.8 Å². The summed E-state index contributed by atoms with van der Waals surface area (Å²) in [5.41, 5.74) is 5.12. The highest BCUT2D eigenvalue weighted by molar-refractivity contribution is 5.88. The van der Waals surface area contributed by atoms with Crippen molar-refractivity contribution in [2.45, 2.75) is 115 Å². The molecule has 0 aliphatic heterocycles. The maximum Gasteiger partial charge on any atom is 0.154 e. The molecule has 0 aliphatic rings. The third-order valence-electron chi connectivity index (χ3n) is 5.73. The van der Waals surface area contributed by atoms with Crippen molar-refractivity contribution in [3.05, 3.63) is 12.2 Å². The first-order chi connectivity index (χ1) is 14.0. The van der Waals surface area contributed by atoms with Crippen molar-refractivity contribution in [3.63, 3.8) is 0 Å². The highest BCUT2D eigenvalue weighted by atomic mass is 16.3. The van der Waals surface area contributed by atoms with Gasteiger partial charge in [0, 0.05) is 6.42 Å². The molecule has 0 aliphatic carbocycles. The van der Waals surface area contributed by atoms with E-state index in [-0.39, 0.29) is 12.4 Å². The van der Waals surface area contributed by atoms with E-state index in [1.54, 1.807) is 0 Å². The van der Waals surface area contributed by atoms with Crippen molar-refractivity contribution in [2.75, 3.05) is 27.2 Å². The van der Waals surface area contributed by atoms with E-state index in [4.69, 9.17) is 5.73 Å². The maximum absolute atomic E-state index is 12.4. The third kappa shape index (κ3) is 16.7. The second kappa shape index (κ2) is 19.3. The second-order valence-electron chi connectivity index (χ2n) is 8.98. The van der Waals surface area contributed by atoms with Crippen LogP contribution in [-0.2, 0) is 4.79 Å². The smallest absolute Gasteiger partial charge is 0.154 e. The summed E-state index contributed by atoms with van der Waals surface area (Å²) in [6.07, 6.45) is 22.8.